The van der Waals surface area contributed by atoms with Crippen LogP contribution in [0.5, 0.6) is 0 Å². The Morgan fingerprint density at radius 2 is 1.91 bits per heavy atom. The lowest BCUT2D eigenvalue weighted by molar-refractivity contribution is 0.0635. The van der Waals surface area contributed by atoms with Crippen molar-refractivity contribution in [2.24, 2.45) is 0 Å². The molecule has 4 aliphatic rings. The monoisotopic (exact) mass is 449 g/mol. The Hall–Kier alpha value is -2.97. The Morgan fingerprint density at radius 3 is 2.61 bits per heavy atom. The van der Waals surface area contributed by atoms with Crippen LogP contribution in [0, 0.1) is 0 Å². The van der Waals surface area contributed by atoms with Gasteiger partial charge in [0.05, 0.1) is 22.9 Å². The Morgan fingerprint density at radius 1 is 1.12 bits per heavy atom. The van der Waals surface area contributed by atoms with Gasteiger partial charge >= 0.3 is 0 Å². The van der Waals surface area contributed by atoms with Gasteiger partial charge < -0.3 is 14.2 Å². The Labute approximate surface area is 193 Å². The quantitative estimate of drug-likeness (QED) is 0.578. The van der Waals surface area contributed by atoms with E-state index in [-0.39, 0.29) is 17.6 Å². The molecule has 0 saturated carbocycles. The van der Waals surface area contributed by atoms with Crippen molar-refractivity contribution in [1.29, 1.82) is 0 Å². The van der Waals surface area contributed by atoms with Crippen molar-refractivity contribution in [1.82, 2.24) is 24.1 Å². The number of fused-ring (bicyclic) bond motifs is 1. The molecular formula is C25H31N5O3. The maximum absolute atomic E-state index is 13.6. The van der Waals surface area contributed by atoms with Gasteiger partial charge in [-0.2, -0.15) is 9.78 Å². The molecule has 0 bridgehead atoms. The van der Waals surface area contributed by atoms with E-state index in [1.165, 1.54) is 4.68 Å². The van der Waals surface area contributed by atoms with Crippen molar-refractivity contribution in [2.75, 3.05) is 39.3 Å². The predicted octanol–water partition coefficient (Wildman–Crippen LogP) is 2.49. The number of aromatic nitrogens is 3. The third-order valence-corrected chi connectivity index (χ3v) is 6.59. The van der Waals surface area contributed by atoms with Crippen LogP contribution >= 0.6 is 0 Å². The van der Waals surface area contributed by atoms with E-state index in [0.717, 1.165) is 45.5 Å². The summed E-state index contributed by atoms with van der Waals surface area (Å²) < 4.78 is 9.15. The van der Waals surface area contributed by atoms with Crippen LogP contribution in [0.3, 0.4) is 0 Å². The third-order valence-electron chi connectivity index (χ3n) is 6.59. The standard InChI is InChI=1S/C25H31N5O3/c1-2-10-27-11-13-29(14-12-27)24(31)21-17-28(16-20-9-6-15-33-20)18-22-23(21)26-30(25(22)32)19-7-4-3-5-8-19/h3-5,7-8,17-18,20H,2,6,9-16H2,1H3/t20-/m1/s1. The van der Waals surface area contributed by atoms with E-state index in [1.54, 1.807) is 0 Å². The lowest BCUT2D eigenvalue weighted by Crippen LogP contribution is -2.49. The summed E-state index contributed by atoms with van der Waals surface area (Å²) in [6.45, 7) is 7.73. The number of carbonyl (C=O) groups excluding carboxylic acids is 1. The van der Waals surface area contributed by atoms with Crippen LogP contribution in [0.15, 0.2) is 47.5 Å². The molecule has 0 radical (unpaired) electrons. The Kier molecular flexibility index (Phi) is 6.28. The molecule has 0 aliphatic carbocycles. The van der Waals surface area contributed by atoms with Gasteiger partial charge in [0, 0.05) is 51.7 Å². The van der Waals surface area contributed by atoms with Crippen LogP contribution in [0.25, 0.3) is 16.9 Å². The molecule has 4 aliphatic heterocycles. The summed E-state index contributed by atoms with van der Waals surface area (Å²) in [7, 11) is 0. The number of ether oxygens (including phenoxy) is 1. The Bertz CT molecular complexity index is 1120. The number of hydrogen-bond donors (Lipinski definition) is 0. The first-order valence-electron chi connectivity index (χ1n) is 12.0. The lowest BCUT2D eigenvalue weighted by Gasteiger charge is -2.34. The SMILES string of the molecule is CCCN1CCN(C(=O)c2cn(C[C@H]3CCCO3)cc3c(=O)n(-c4ccccc4)nc2-3)CC1. The van der Waals surface area contributed by atoms with Gasteiger partial charge in [-0.15, -0.1) is 0 Å². The zero-order valence-corrected chi connectivity index (χ0v) is 19.2. The van der Waals surface area contributed by atoms with Crippen LogP contribution in [-0.2, 0) is 11.3 Å². The summed E-state index contributed by atoms with van der Waals surface area (Å²) in [5, 5.41) is 4.62. The number of rotatable bonds is 6. The van der Waals surface area contributed by atoms with Crippen molar-refractivity contribution < 1.29 is 9.53 Å². The van der Waals surface area contributed by atoms with Crippen molar-refractivity contribution in [2.45, 2.75) is 38.8 Å². The number of hydrogen-bond acceptors (Lipinski definition) is 5. The molecule has 0 unspecified atom stereocenters. The average molecular weight is 450 g/mol. The molecule has 4 heterocycles. The molecule has 1 atom stereocenters. The van der Waals surface area contributed by atoms with Crippen molar-refractivity contribution in [3.05, 3.63) is 58.6 Å². The third kappa shape index (κ3) is 4.45. The number of para-hydroxylation sites is 1. The first-order valence-corrected chi connectivity index (χ1v) is 12.0. The highest BCUT2D eigenvalue weighted by Crippen LogP contribution is 2.25. The predicted molar refractivity (Wildman–Crippen MR) is 126 cm³/mol. The minimum atomic E-state index is -0.209. The fourth-order valence-electron chi connectivity index (χ4n) is 4.85. The van der Waals surface area contributed by atoms with Gasteiger partial charge in [-0.1, -0.05) is 25.1 Å². The molecule has 1 amide bonds. The van der Waals surface area contributed by atoms with Gasteiger partial charge in [0.1, 0.15) is 5.69 Å². The number of nitrogens with zero attached hydrogens (tertiary/aromatic N) is 5. The molecule has 174 valence electrons. The number of pyridine rings is 1. The van der Waals surface area contributed by atoms with Crippen LogP contribution < -0.4 is 5.56 Å². The number of benzene rings is 1. The van der Waals surface area contributed by atoms with Gasteiger partial charge in [0.2, 0.25) is 0 Å². The summed E-state index contributed by atoms with van der Waals surface area (Å²) in [6, 6.07) is 9.35. The second kappa shape index (κ2) is 9.49. The summed E-state index contributed by atoms with van der Waals surface area (Å²) >= 11 is 0. The van der Waals surface area contributed by atoms with E-state index in [0.29, 0.717) is 42.1 Å². The largest absolute Gasteiger partial charge is 0.376 e. The van der Waals surface area contributed by atoms with E-state index >= 15 is 0 Å². The number of carbonyl (C=O) groups is 1. The van der Waals surface area contributed by atoms with E-state index in [1.807, 2.05) is 52.2 Å². The summed E-state index contributed by atoms with van der Waals surface area (Å²) in [6.07, 6.45) is 6.92. The van der Waals surface area contributed by atoms with E-state index < -0.39 is 0 Å². The first kappa shape index (κ1) is 21.9. The van der Waals surface area contributed by atoms with Gasteiger partial charge in [-0.3, -0.25) is 14.5 Å². The zero-order valence-electron chi connectivity index (χ0n) is 19.2. The van der Waals surface area contributed by atoms with E-state index in [4.69, 9.17) is 4.74 Å². The maximum Gasteiger partial charge on any atom is 0.282 e. The normalized spacial score (nSPS) is 19.4. The highest BCUT2D eigenvalue weighted by molar-refractivity contribution is 6.00. The molecule has 33 heavy (non-hydrogen) atoms. The second-order valence-corrected chi connectivity index (χ2v) is 8.95. The van der Waals surface area contributed by atoms with Gasteiger partial charge in [-0.25, -0.2) is 0 Å². The smallest absolute Gasteiger partial charge is 0.282 e. The molecule has 0 N–H and O–H groups in total. The first-order chi connectivity index (χ1) is 16.1. The van der Waals surface area contributed by atoms with Gasteiger partial charge in [0.25, 0.3) is 11.5 Å². The molecule has 2 fully saturated rings. The van der Waals surface area contributed by atoms with E-state index in [2.05, 4.69) is 16.9 Å². The fraction of sp³-hybridized carbons (Fsp3) is 0.480. The van der Waals surface area contributed by atoms with Crippen LogP contribution in [0.1, 0.15) is 36.5 Å². The minimum absolute atomic E-state index is 0.0597. The highest BCUT2D eigenvalue weighted by Gasteiger charge is 2.29. The highest BCUT2D eigenvalue weighted by atomic mass is 16.5. The van der Waals surface area contributed by atoms with Crippen molar-refractivity contribution in [3.8, 4) is 16.9 Å². The molecule has 1 aromatic rings. The number of piperazine rings is 1. The molecular weight excluding hydrogens is 418 g/mol. The fourth-order valence-corrected chi connectivity index (χ4v) is 4.85. The molecule has 8 heteroatoms. The molecule has 5 rings (SSSR count). The lowest BCUT2D eigenvalue weighted by atomic mass is 10.1. The molecule has 2 saturated heterocycles. The van der Waals surface area contributed by atoms with Crippen LogP contribution in [0.2, 0.25) is 0 Å². The second-order valence-electron chi connectivity index (χ2n) is 8.95. The van der Waals surface area contributed by atoms with Crippen molar-refractivity contribution in [3.63, 3.8) is 0 Å². The van der Waals surface area contributed by atoms with Gasteiger partial charge in [0.15, 0.2) is 0 Å². The number of amides is 1. The summed E-state index contributed by atoms with van der Waals surface area (Å²) in [5.74, 6) is -0.0597. The van der Waals surface area contributed by atoms with E-state index in [9.17, 15) is 9.59 Å². The maximum atomic E-state index is 13.6. The van der Waals surface area contributed by atoms with Crippen LogP contribution in [0.4, 0.5) is 0 Å². The molecule has 8 nitrogen and oxygen atoms in total. The summed E-state index contributed by atoms with van der Waals surface area (Å²) in [4.78, 5) is 31.2. The topological polar surface area (TPSA) is 72.6 Å². The molecule has 0 aromatic heterocycles. The average Bonchev–Trinajstić information content (AvgIpc) is 3.47. The van der Waals surface area contributed by atoms with Crippen LogP contribution in [-0.4, -0.2) is 75.5 Å². The summed E-state index contributed by atoms with van der Waals surface area (Å²) in [5.41, 5.74) is 1.90. The zero-order chi connectivity index (χ0) is 22.8. The molecule has 0 spiro atoms. The Balaban J connectivity index is 1.52. The van der Waals surface area contributed by atoms with Crippen molar-refractivity contribution >= 4 is 5.91 Å². The molecule has 1 aromatic carbocycles. The van der Waals surface area contributed by atoms with Gasteiger partial charge in [-0.05, 0) is 37.9 Å². The minimum Gasteiger partial charge on any atom is -0.376 e.